The number of methoxy groups -OCH3 is 1. The van der Waals surface area contributed by atoms with Gasteiger partial charge in [0.2, 0.25) is 0 Å². The van der Waals surface area contributed by atoms with Crippen LogP contribution in [0.5, 0.6) is 0 Å². The fourth-order valence-electron chi connectivity index (χ4n) is 3.60. The third-order valence-electron chi connectivity index (χ3n) is 5.02. The van der Waals surface area contributed by atoms with Gasteiger partial charge < -0.3 is 9.64 Å². The van der Waals surface area contributed by atoms with E-state index in [1.807, 2.05) is 13.8 Å². The molecule has 2 fully saturated rings. The minimum Gasteiger partial charge on any atom is -0.369 e. The molecular weight excluding hydrogens is 226 g/mol. The monoisotopic (exact) mass is 253 g/mol. The molecule has 18 heavy (non-hydrogen) atoms. The van der Waals surface area contributed by atoms with E-state index in [2.05, 4.69) is 11.8 Å². The molecule has 3 atom stereocenters. The normalized spacial score (nSPS) is 33.1. The summed E-state index contributed by atoms with van der Waals surface area (Å²) < 4.78 is 5.37. The third-order valence-corrected chi connectivity index (χ3v) is 5.02. The van der Waals surface area contributed by atoms with Crippen LogP contribution < -0.4 is 0 Å². The van der Waals surface area contributed by atoms with Crippen LogP contribution in [0.15, 0.2) is 0 Å². The second-order valence-electron chi connectivity index (χ2n) is 6.49. The number of rotatable bonds is 2. The SMILES string of the molecule is COC(C)(C)C(=O)N1CCC(C)C2CCCCC21. The Kier molecular flexibility index (Phi) is 4.00. The second kappa shape index (κ2) is 5.20. The van der Waals surface area contributed by atoms with E-state index < -0.39 is 5.60 Å². The van der Waals surface area contributed by atoms with Gasteiger partial charge in [-0.1, -0.05) is 19.8 Å². The number of fused-ring (bicyclic) bond motifs is 1. The maximum absolute atomic E-state index is 12.6. The van der Waals surface area contributed by atoms with Crippen LogP contribution >= 0.6 is 0 Å². The van der Waals surface area contributed by atoms with Crippen molar-refractivity contribution in [2.45, 2.75) is 64.5 Å². The topological polar surface area (TPSA) is 29.5 Å². The first kappa shape index (κ1) is 13.9. The van der Waals surface area contributed by atoms with Gasteiger partial charge in [-0.3, -0.25) is 4.79 Å². The highest BCUT2D eigenvalue weighted by Crippen LogP contribution is 2.39. The summed E-state index contributed by atoms with van der Waals surface area (Å²) in [5, 5.41) is 0. The van der Waals surface area contributed by atoms with E-state index in [9.17, 15) is 4.79 Å². The quantitative estimate of drug-likeness (QED) is 0.757. The lowest BCUT2D eigenvalue weighted by Crippen LogP contribution is -2.57. The number of hydrogen-bond acceptors (Lipinski definition) is 2. The maximum Gasteiger partial charge on any atom is 0.254 e. The molecule has 3 nitrogen and oxygen atoms in total. The van der Waals surface area contributed by atoms with Gasteiger partial charge in [-0.15, -0.1) is 0 Å². The number of piperidine rings is 1. The van der Waals surface area contributed by atoms with Crippen LogP contribution in [0.25, 0.3) is 0 Å². The van der Waals surface area contributed by atoms with Crippen LogP contribution in [0.3, 0.4) is 0 Å². The van der Waals surface area contributed by atoms with Crippen molar-refractivity contribution in [1.29, 1.82) is 0 Å². The Morgan fingerprint density at radius 2 is 1.89 bits per heavy atom. The van der Waals surface area contributed by atoms with Gasteiger partial charge in [-0.05, 0) is 44.9 Å². The number of ether oxygens (including phenoxy) is 1. The number of nitrogens with zero attached hydrogens (tertiary/aromatic N) is 1. The van der Waals surface area contributed by atoms with Gasteiger partial charge in [0.15, 0.2) is 0 Å². The minimum absolute atomic E-state index is 0.175. The van der Waals surface area contributed by atoms with Crippen molar-refractivity contribution >= 4 is 5.91 Å². The lowest BCUT2D eigenvalue weighted by atomic mass is 9.72. The van der Waals surface area contributed by atoms with Gasteiger partial charge in [0.1, 0.15) is 5.60 Å². The molecule has 0 spiro atoms. The van der Waals surface area contributed by atoms with Gasteiger partial charge in [-0.2, -0.15) is 0 Å². The van der Waals surface area contributed by atoms with Crippen LogP contribution in [0.2, 0.25) is 0 Å². The van der Waals surface area contributed by atoms with E-state index in [0.717, 1.165) is 18.9 Å². The molecule has 3 unspecified atom stereocenters. The Bertz CT molecular complexity index is 314. The molecule has 1 aliphatic carbocycles. The van der Waals surface area contributed by atoms with Crippen LogP contribution in [0, 0.1) is 11.8 Å². The molecule has 1 heterocycles. The zero-order valence-corrected chi connectivity index (χ0v) is 12.2. The smallest absolute Gasteiger partial charge is 0.254 e. The van der Waals surface area contributed by atoms with Gasteiger partial charge in [0.05, 0.1) is 0 Å². The summed E-state index contributed by atoms with van der Waals surface area (Å²) in [7, 11) is 1.63. The fraction of sp³-hybridized carbons (Fsp3) is 0.933. The van der Waals surface area contributed by atoms with Gasteiger partial charge >= 0.3 is 0 Å². The first-order valence-corrected chi connectivity index (χ1v) is 7.33. The predicted octanol–water partition coefficient (Wildman–Crippen LogP) is 2.84. The van der Waals surface area contributed by atoms with Gasteiger partial charge in [0.25, 0.3) is 5.91 Å². The van der Waals surface area contributed by atoms with Gasteiger partial charge in [-0.25, -0.2) is 0 Å². The first-order chi connectivity index (χ1) is 8.47. The first-order valence-electron chi connectivity index (χ1n) is 7.33. The standard InChI is InChI=1S/C15H27NO2/c1-11-9-10-16(14(17)15(2,3)18-4)13-8-6-5-7-12(11)13/h11-13H,5-10H2,1-4H3. The predicted molar refractivity (Wildman–Crippen MR) is 72.3 cm³/mol. The lowest BCUT2D eigenvalue weighted by Gasteiger charge is -2.49. The van der Waals surface area contributed by atoms with Crippen LogP contribution in [0.1, 0.15) is 52.9 Å². The van der Waals surface area contributed by atoms with Crippen molar-refractivity contribution in [3.05, 3.63) is 0 Å². The molecule has 1 amide bonds. The number of carbonyl (C=O) groups is 1. The highest BCUT2D eigenvalue weighted by atomic mass is 16.5. The summed E-state index contributed by atoms with van der Waals surface area (Å²) in [6.45, 7) is 7.02. The van der Waals surface area contributed by atoms with Crippen molar-refractivity contribution in [3.63, 3.8) is 0 Å². The summed E-state index contributed by atoms with van der Waals surface area (Å²) in [5.74, 6) is 1.66. The Labute approximate surface area is 111 Å². The molecule has 0 N–H and O–H groups in total. The summed E-state index contributed by atoms with van der Waals surface area (Å²) >= 11 is 0. The summed E-state index contributed by atoms with van der Waals surface area (Å²) in [5.41, 5.74) is -0.678. The number of likely N-dealkylation sites (tertiary alicyclic amines) is 1. The Morgan fingerprint density at radius 1 is 1.22 bits per heavy atom. The molecule has 0 radical (unpaired) electrons. The molecule has 0 bridgehead atoms. The average molecular weight is 253 g/mol. The molecule has 0 aromatic rings. The molecule has 0 aromatic heterocycles. The molecule has 0 aromatic carbocycles. The maximum atomic E-state index is 12.6. The van der Waals surface area contributed by atoms with E-state index >= 15 is 0 Å². The van der Waals surface area contributed by atoms with E-state index in [-0.39, 0.29) is 5.91 Å². The van der Waals surface area contributed by atoms with E-state index in [4.69, 9.17) is 4.74 Å². The zero-order valence-electron chi connectivity index (χ0n) is 12.2. The molecule has 1 saturated heterocycles. The fourth-order valence-corrected chi connectivity index (χ4v) is 3.60. The van der Waals surface area contributed by atoms with E-state index in [1.54, 1.807) is 7.11 Å². The summed E-state index contributed by atoms with van der Waals surface area (Å²) in [6, 6.07) is 0.462. The van der Waals surface area contributed by atoms with Crippen molar-refractivity contribution in [1.82, 2.24) is 4.90 Å². The van der Waals surface area contributed by atoms with Crippen LogP contribution in [-0.2, 0) is 9.53 Å². The van der Waals surface area contributed by atoms with E-state index in [0.29, 0.717) is 12.0 Å². The average Bonchev–Trinajstić information content (AvgIpc) is 2.39. The number of hydrogen-bond donors (Lipinski definition) is 0. The number of carbonyl (C=O) groups excluding carboxylic acids is 1. The Balaban J connectivity index is 2.15. The molecule has 3 heteroatoms. The van der Waals surface area contributed by atoms with Crippen molar-refractivity contribution in [2.75, 3.05) is 13.7 Å². The zero-order chi connectivity index (χ0) is 13.3. The highest BCUT2D eigenvalue weighted by Gasteiger charge is 2.43. The summed E-state index contributed by atoms with van der Waals surface area (Å²) in [4.78, 5) is 14.7. The minimum atomic E-state index is -0.678. The van der Waals surface area contributed by atoms with E-state index in [1.165, 1.54) is 25.7 Å². The third kappa shape index (κ3) is 2.42. The van der Waals surface area contributed by atoms with Crippen LogP contribution in [-0.4, -0.2) is 36.1 Å². The molecular formula is C15H27NO2. The number of amides is 1. The molecule has 1 aliphatic heterocycles. The van der Waals surface area contributed by atoms with Crippen LogP contribution in [0.4, 0.5) is 0 Å². The Hall–Kier alpha value is -0.570. The lowest BCUT2D eigenvalue weighted by molar-refractivity contribution is -0.159. The van der Waals surface area contributed by atoms with Crippen molar-refractivity contribution < 1.29 is 9.53 Å². The molecule has 1 saturated carbocycles. The second-order valence-corrected chi connectivity index (χ2v) is 6.49. The van der Waals surface area contributed by atoms with Crippen molar-refractivity contribution in [2.24, 2.45) is 11.8 Å². The largest absolute Gasteiger partial charge is 0.369 e. The molecule has 2 aliphatic rings. The van der Waals surface area contributed by atoms with Gasteiger partial charge in [0, 0.05) is 19.7 Å². The summed E-state index contributed by atoms with van der Waals surface area (Å²) in [6.07, 6.45) is 6.22. The molecule has 104 valence electrons. The van der Waals surface area contributed by atoms with Crippen molar-refractivity contribution in [3.8, 4) is 0 Å². The highest BCUT2D eigenvalue weighted by molar-refractivity contribution is 5.84. The Morgan fingerprint density at radius 3 is 2.56 bits per heavy atom. The molecule has 2 rings (SSSR count).